The summed E-state index contributed by atoms with van der Waals surface area (Å²) in [6.45, 7) is 13.5. The van der Waals surface area contributed by atoms with E-state index in [1.807, 2.05) is 25.1 Å². The summed E-state index contributed by atoms with van der Waals surface area (Å²) in [5.41, 5.74) is 1.36. The van der Waals surface area contributed by atoms with E-state index in [1.54, 1.807) is 22.6 Å². The number of ether oxygens (including phenoxy) is 2. The van der Waals surface area contributed by atoms with Gasteiger partial charge >= 0.3 is 246 Å². The second-order valence-electron chi connectivity index (χ2n) is 12.6. The molecule has 0 saturated carbocycles. The van der Waals surface area contributed by atoms with Crippen LogP contribution < -0.4 is 8.15 Å². The Morgan fingerprint density at radius 1 is 0.731 bits per heavy atom. The van der Waals surface area contributed by atoms with Gasteiger partial charge in [-0.15, -0.1) is 0 Å². The predicted molar refractivity (Wildman–Crippen MR) is 209 cm³/mol. The molecular weight excluding hydrogens is 925 g/mol. The van der Waals surface area contributed by atoms with Crippen molar-refractivity contribution in [2.45, 2.75) is 112 Å². The molecule has 0 unspecified atom stereocenters. The number of imidazole rings is 1. The van der Waals surface area contributed by atoms with E-state index in [0.717, 1.165) is 22.2 Å². The molecule has 0 amide bonds. The number of rotatable bonds is 19. The normalized spacial score (nSPS) is 12.7. The van der Waals surface area contributed by atoms with Gasteiger partial charge < -0.3 is 4.74 Å². The van der Waals surface area contributed by atoms with Crippen LogP contribution in [0.5, 0.6) is 0 Å². The van der Waals surface area contributed by atoms with Gasteiger partial charge in [0.25, 0.3) is 0 Å². The fourth-order valence-electron chi connectivity index (χ4n) is 5.73. The second-order valence-corrected chi connectivity index (χ2v) is 29.0. The first-order valence-electron chi connectivity index (χ1n) is 18.1. The van der Waals surface area contributed by atoms with Crippen molar-refractivity contribution in [1.29, 1.82) is 0 Å². The topological polar surface area (TPSA) is 61.4 Å². The van der Waals surface area contributed by atoms with Gasteiger partial charge in [0, 0.05) is 3.57 Å². The average Bonchev–Trinajstić information content (AvgIpc) is 3.54. The van der Waals surface area contributed by atoms with Crippen molar-refractivity contribution in [1.82, 2.24) is 4.57 Å². The maximum atomic E-state index is 12.4. The number of hydrogen-bond donors (Lipinski definition) is 0. The first-order valence-corrected chi connectivity index (χ1v) is 28.7. The molecule has 0 fully saturated rings. The van der Waals surface area contributed by atoms with Crippen LogP contribution >= 0.6 is 30.4 Å². The Morgan fingerprint density at radius 2 is 1.23 bits per heavy atom. The van der Waals surface area contributed by atoms with Gasteiger partial charge in [-0.1, -0.05) is 6.07 Å². The summed E-state index contributed by atoms with van der Waals surface area (Å²) in [5, 5.41) is 0. The molecule has 3 rings (SSSR count). The van der Waals surface area contributed by atoms with Crippen molar-refractivity contribution in [3.05, 3.63) is 81.9 Å². The van der Waals surface area contributed by atoms with Crippen LogP contribution in [0.4, 0.5) is 25.2 Å². The van der Waals surface area contributed by atoms with Crippen molar-refractivity contribution in [2.75, 3.05) is 13.2 Å². The maximum absolute atomic E-state index is 12.4. The Hall–Kier alpha value is -1.87. The summed E-state index contributed by atoms with van der Waals surface area (Å²) in [6.07, 6.45) is 17.0. The van der Waals surface area contributed by atoms with Gasteiger partial charge in [-0.3, -0.25) is 0 Å². The summed E-state index contributed by atoms with van der Waals surface area (Å²) in [5.74, 6) is -0.420. The molecule has 3 aromatic rings. The van der Waals surface area contributed by atoms with Gasteiger partial charge in [0.15, 0.2) is 0 Å². The molecule has 1 aromatic heterocycles. The van der Waals surface area contributed by atoms with Crippen LogP contribution in [0.3, 0.4) is 0 Å². The molecule has 0 saturated heterocycles. The van der Waals surface area contributed by atoms with E-state index in [0.29, 0.717) is 18.8 Å². The van der Waals surface area contributed by atoms with E-state index < -0.39 is 26.2 Å². The third-order valence-corrected chi connectivity index (χ3v) is 24.5. The zero-order chi connectivity index (χ0) is 39.3. The molecule has 2 aromatic carbocycles. The number of halogens is 7. The van der Waals surface area contributed by atoms with Gasteiger partial charge in [-0.25, -0.2) is 4.79 Å². The summed E-state index contributed by atoms with van der Waals surface area (Å²) < 4.78 is 80.7. The molecule has 0 radical (unpaired) electrons. The number of carbonyl (C=O) groups excluding carboxylic acids is 2. The quantitative estimate of drug-likeness (QED) is 0.0228. The van der Waals surface area contributed by atoms with Gasteiger partial charge in [0.2, 0.25) is 0 Å². The van der Waals surface area contributed by atoms with Crippen molar-refractivity contribution in [2.24, 2.45) is 0 Å². The van der Waals surface area contributed by atoms with E-state index in [4.69, 9.17) is 9.47 Å². The van der Waals surface area contributed by atoms with Crippen LogP contribution in [-0.4, -0.2) is 48.1 Å². The Bertz CT molecular complexity index is 1490. The average molecular weight is 981 g/mol. The van der Waals surface area contributed by atoms with E-state index in [1.165, 1.54) is 64.7 Å². The third-order valence-electron chi connectivity index (χ3n) is 8.27. The molecule has 296 valence electrons. The summed E-state index contributed by atoms with van der Waals surface area (Å²) >= 11 is -0.430. The molecule has 0 aliphatic rings. The second kappa shape index (κ2) is 22.5. The van der Waals surface area contributed by atoms with Crippen LogP contribution in [0.2, 0.25) is 13.3 Å². The first kappa shape index (κ1) is 48.1. The molecule has 0 N–H and O–H groups in total. The monoisotopic (exact) mass is 982 g/mol. The summed E-state index contributed by atoms with van der Waals surface area (Å²) in [7, 11) is -10.7. The molecule has 15 heteroatoms. The number of carbonyl (C=O) groups is 2. The Labute approximate surface area is 323 Å². The third kappa shape index (κ3) is 22.4. The van der Waals surface area contributed by atoms with E-state index in [2.05, 4.69) is 89.4 Å². The van der Waals surface area contributed by atoms with Crippen LogP contribution in [-0.2, 0) is 22.6 Å². The number of aromatic nitrogens is 2. The SMILES string of the molecule is CCC[CH2][Sn]([CH2]CCC)([CH2]CCCCC[n+]1ccn(CC)c1)[c]1cccc(C(=O)OCC)c1.CCOC(=O)c1cccc([125I])c1.F[P-](F)(F)(F)(F)F. The number of unbranched alkanes of at least 4 members (excludes halogenated alkanes) is 5. The first-order chi connectivity index (χ1) is 24.3. The molecular formula is C37H56F6IN2O4PSn. The molecule has 0 aliphatic heterocycles. The number of benzene rings is 2. The molecule has 0 bridgehead atoms. The summed E-state index contributed by atoms with van der Waals surface area (Å²) in [6, 6.07) is 15.9. The Kier molecular flexibility index (Phi) is 20.8. The Balaban J connectivity index is 0.000000578. The number of hydrogen-bond acceptors (Lipinski definition) is 4. The number of aryl methyl sites for hydroxylation is 2. The van der Waals surface area contributed by atoms with E-state index in [-0.39, 0.29) is 11.9 Å². The fourth-order valence-corrected chi connectivity index (χ4v) is 22.0. The zero-order valence-electron chi connectivity index (χ0n) is 31.1. The Morgan fingerprint density at radius 3 is 1.71 bits per heavy atom. The molecule has 0 spiro atoms. The van der Waals surface area contributed by atoms with E-state index >= 15 is 0 Å². The van der Waals surface area contributed by atoms with Crippen molar-refractivity contribution >= 4 is 64.3 Å². The van der Waals surface area contributed by atoms with Gasteiger partial charge in [0.05, 0.1) is 12.2 Å². The molecule has 6 nitrogen and oxygen atoms in total. The van der Waals surface area contributed by atoms with Crippen molar-refractivity contribution in [3.8, 4) is 0 Å². The van der Waals surface area contributed by atoms with Gasteiger partial charge in [0.1, 0.15) is 0 Å². The summed E-state index contributed by atoms with van der Waals surface area (Å²) in [4.78, 5) is 23.6. The van der Waals surface area contributed by atoms with Crippen LogP contribution in [0.25, 0.3) is 0 Å². The van der Waals surface area contributed by atoms with Crippen LogP contribution in [0.15, 0.2) is 67.3 Å². The van der Waals surface area contributed by atoms with E-state index in [9.17, 15) is 34.8 Å². The molecule has 0 aliphatic carbocycles. The standard InChI is InChI=1S/C11H20N2.C9H9IO2.C9H9O2.2C4H9.F6P.Sn/c1-3-5-6-7-8-13-10-9-12(4-2)11-13;1-2-12-9(11)7-4-3-5-8(10)6-7;1-2-11-9(10)8-6-4-3-5-7-8;2*1-3-4-2;1-7(2,3,4,5)6;/h9-11H,1,3-8H2,2H3;3-6H,2H2,1H3;3-4,6-7H,2H2,1H3;2*1,3-4H2,2H3;;/q+1;;;;;-1;/i;10-2;;;;;. The van der Waals surface area contributed by atoms with Gasteiger partial charge in [-0.05, 0) is 47.7 Å². The minimum atomic E-state index is -10.7. The number of nitrogens with zero attached hydrogens (tertiary/aromatic N) is 2. The van der Waals surface area contributed by atoms with Crippen LogP contribution in [0, 0.1) is 3.57 Å². The molecule has 1 heterocycles. The minimum absolute atomic E-state index is 0.167. The number of esters is 2. The van der Waals surface area contributed by atoms with Crippen molar-refractivity contribution < 1.29 is 48.8 Å². The zero-order valence-corrected chi connectivity index (χ0v) is 37.0. The van der Waals surface area contributed by atoms with Gasteiger partial charge in [-0.2, -0.15) is 0 Å². The van der Waals surface area contributed by atoms with Crippen molar-refractivity contribution in [3.63, 3.8) is 0 Å². The fraction of sp³-hybridized carbons (Fsp3) is 0.541. The predicted octanol–water partition coefficient (Wildman–Crippen LogP) is 12.3. The molecule has 0 atom stereocenters. The van der Waals surface area contributed by atoms with Crippen LogP contribution in [0.1, 0.15) is 107 Å². The molecule has 52 heavy (non-hydrogen) atoms.